The molecule has 0 atom stereocenters. The molecule has 0 radical (unpaired) electrons. The summed E-state index contributed by atoms with van der Waals surface area (Å²) in [6, 6.07) is 13.2. The van der Waals surface area contributed by atoms with Gasteiger partial charge in [-0.25, -0.2) is 14.3 Å². The van der Waals surface area contributed by atoms with Crippen molar-refractivity contribution in [2.75, 3.05) is 0 Å². The van der Waals surface area contributed by atoms with E-state index in [0.29, 0.717) is 17.9 Å². The summed E-state index contributed by atoms with van der Waals surface area (Å²) in [7, 11) is 0. The lowest BCUT2D eigenvalue weighted by Crippen LogP contribution is -2.42. The Balaban J connectivity index is 1.22. The maximum Gasteiger partial charge on any atom is 0.267 e. The van der Waals surface area contributed by atoms with Crippen LogP contribution >= 0.6 is 0 Å². The molecule has 7 heteroatoms. The third-order valence-electron chi connectivity index (χ3n) is 6.03. The van der Waals surface area contributed by atoms with E-state index in [0.717, 1.165) is 38.5 Å². The number of nitrogens with zero attached hydrogens (tertiary/aromatic N) is 5. The van der Waals surface area contributed by atoms with Gasteiger partial charge in [0.15, 0.2) is 5.82 Å². The van der Waals surface area contributed by atoms with Crippen LogP contribution in [0.5, 0.6) is 0 Å². The van der Waals surface area contributed by atoms with Crippen molar-refractivity contribution in [1.82, 2.24) is 29.9 Å². The Morgan fingerprint density at radius 3 is 2.36 bits per heavy atom. The monoisotopic (exact) mass is 376 g/mol. The van der Waals surface area contributed by atoms with Crippen LogP contribution in [0.3, 0.4) is 0 Å². The molecular weight excluding hydrogens is 352 g/mol. The summed E-state index contributed by atoms with van der Waals surface area (Å²) in [6.07, 6.45) is 9.37. The number of aromatic nitrogens is 5. The van der Waals surface area contributed by atoms with Crippen molar-refractivity contribution in [1.29, 1.82) is 0 Å². The van der Waals surface area contributed by atoms with Crippen molar-refractivity contribution in [3.8, 4) is 5.82 Å². The van der Waals surface area contributed by atoms with E-state index in [1.54, 1.807) is 27.8 Å². The average Bonchev–Trinajstić information content (AvgIpc) is 3.38. The van der Waals surface area contributed by atoms with Crippen molar-refractivity contribution < 1.29 is 0 Å². The number of fused-ring (bicyclic) bond motifs is 1. The number of rotatable bonds is 4. The molecule has 7 nitrogen and oxygen atoms in total. The Morgan fingerprint density at radius 1 is 0.929 bits per heavy atom. The quantitative estimate of drug-likeness (QED) is 0.754. The molecule has 0 spiro atoms. The van der Waals surface area contributed by atoms with E-state index < -0.39 is 0 Å². The van der Waals surface area contributed by atoms with E-state index in [1.165, 1.54) is 17.5 Å². The maximum atomic E-state index is 12.4. The van der Waals surface area contributed by atoms with Gasteiger partial charge in [-0.3, -0.25) is 4.79 Å². The normalized spacial score (nSPS) is 22.3. The van der Waals surface area contributed by atoms with Crippen LogP contribution in [0.2, 0.25) is 0 Å². The Bertz CT molecular complexity index is 979. The second-order valence-corrected chi connectivity index (χ2v) is 7.86. The van der Waals surface area contributed by atoms with Crippen LogP contribution in [0.15, 0.2) is 53.8 Å². The zero-order chi connectivity index (χ0) is 18.9. The minimum absolute atomic E-state index is 0.0495. The number of hydrogen-bond donors (Lipinski definition) is 1. The zero-order valence-corrected chi connectivity index (χ0v) is 15.7. The first kappa shape index (κ1) is 17.3. The minimum atomic E-state index is -0.0495. The van der Waals surface area contributed by atoms with E-state index in [4.69, 9.17) is 0 Å². The summed E-state index contributed by atoms with van der Waals surface area (Å²) in [6.45, 7) is 0. The molecule has 2 aliphatic rings. The van der Waals surface area contributed by atoms with Gasteiger partial charge in [-0.2, -0.15) is 5.10 Å². The van der Waals surface area contributed by atoms with Crippen LogP contribution in [0.4, 0.5) is 0 Å². The molecule has 1 aromatic carbocycles. The summed E-state index contributed by atoms with van der Waals surface area (Å²) in [5.74, 6) is 0.626. The molecule has 28 heavy (non-hydrogen) atoms. The maximum absolute atomic E-state index is 12.4. The van der Waals surface area contributed by atoms with Gasteiger partial charge < -0.3 is 5.32 Å². The van der Waals surface area contributed by atoms with Crippen LogP contribution in [0.1, 0.15) is 42.9 Å². The van der Waals surface area contributed by atoms with E-state index in [9.17, 15) is 4.79 Å². The highest BCUT2D eigenvalue weighted by Gasteiger charge is 2.28. The summed E-state index contributed by atoms with van der Waals surface area (Å²) in [5.41, 5.74) is 2.91. The number of benzene rings is 1. The molecule has 0 bridgehead atoms. The van der Waals surface area contributed by atoms with Crippen LogP contribution in [-0.2, 0) is 12.8 Å². The lowest BCUT2D eigenvalue weighted by Gasteiger charge is -2.31. The molecule has 1 N–H and O–H groups in total. The van der Waals surface area contributed by atoms with Gasteiger partial charge in [0.25, 0.3) is 5.56 Å². The summed E-state index contributed by atoms with van der Waals surface area (Å²) in [4.78, 5) is 16.3. The first-order chi connectivity index (χ1) is 13.8. The highest BCUT2D eigenvalue weighted by atomic mass is 16.1. The molecule has 2 aromatic heterocycles. The molecule has 2 aliphatic carbocycles. The molecule has 144 valence electrons. The van der Waals surface area contributed by atoms with Gasteiger partial charge in [0.05, 0.1) is 6.04 Å². The van der Waals surface area contributed by atoms with Gasteiger partial charge in [-0.15, -0.1) is 5.10 Å². The molecule has 1 saturated carbocycles. The molecule has 1 fully saturated rings. The van der Waals surface area contributed by atoms with Gasteiger partial charge in [-0.05, 0) is 55.7 Å². The highest BCUT2D eigenvalue weighted by Crippen LogP contribution is 2.29. The molecular formula is C21H24N6O. The second kappa shape index (κ2) is 7.31. The van der Waals surface area contributed by atoms with Gasteiger partial charge in [0.2, 0.25) is 0 Å². The Morgan fingerprint density at radius 2 is 1.68 bits per heavy atom. The van der Waals surface area contributed by atoms with Gasteiger partial charge in [-0.1, -0.05) is 24.3 Å². The SMILES string of the molecule is O=c1ccc(-n2cncn2)nn1C1CCC(NC2Cc3ccccc3C2)CC1. The van der Waals surface area contributed by atoms with Gasteiger partial charge in [0.1, 0.15) is 12.7 Å². The van der Waals surface area contributed by atoms with Crippen LogP contribution < -0.4 is 10.9 Å². The standard InChI is InChI=1S/C21H24N6O/c28-21-10-9-20(26-14-22-13-23-26)25-27(21)19-7-5-17(6-8-19)24-18-11-15-3-1-2-4-16(15)12-18/h1-4,9-10,13-14,17-19,24H,5-8,11-12H2. The molecule has 5 rings (SSSR count). The lowest BCUT2D eigenvalue weighted by atomic mass is 9.90. The first-order valence-corrected chi connectivity index (χ1v) is 10.0. The molecule has 2 heterocycles. The molecule has 0 amide bonds. The van der Waals surface area contributed by atoms with Gasteiger partial charge >= 0.3 is 0 Å². The molecule has 0 aliphatic heterocycles. The topological polar surface area (TPSA) is 77.6 Å². The predicted octanol–water partition coefficient (Wildman–Crippen LogP) is 2.06. The summed E-state index contributed by atoms with van der Waals surface area (Å²) in [5, 5.41) is 12.5. The fourth-order valence-electron chi connectivity index (χ4n) is 4.62. The smallest absolute Gasteiger partial charge is 0.267 e. The van der Waals surface area contributed by atoms with Crippen molar-refractivity contribution in [2.45, 2.75) is 56.7 Å². The van der Waals surface area contributed by atoms with Crippen molar-refractivity contribution >= 4 is 0 Å². The Hall–Kier alpha value is -2.80. The van der Waals surface area contributed by atoms with Crippen LogP contribution in [0, 0.1) is 0 Å². The Labute approximate surface area is 163 Å². The summed E-state index contributed by atoms with van der Waals surface area (Å²) >= 11 is 0. The first-order valence-electron chi connectivity index (χ1n) is 10.0. The number of hydrogen-bond acceptors (Lipinski definition) is 5. The predicted molar refractivity (Wildman–Crippen MR) is 105 cm³/mol. The second-order valence-electron chi connectivity index (χ2n) is 7.86. The summed E-state index contributed by atoms with van der Waals surface area (Å²) < 4.78 is 3.22. The molecule has 0 unspecified atom stereocenters. The highest BCUT2D eigenvalue weighted by molar-refractivity contribution is 5.33. The van der Waals surface area contributed by atoms with E-state index >= 15 is 0 Å². The average molecular weight is 376 g/mol. The van der Waals surface area contributed by atoms with Crippen LogP contribution in [-0.4, -0.2) is 36.6 Å². The number of nitrogens with one attached hydrogen (secondary N) is 1. The van der Waals surface area contributed by atoms with Crippen molar-refractivity contribution in [3.63, 3.8) is 0 Å². The van der Waals surface area contributed by atoms with Crippen LogP contribution in [0.25, 0.3) is 5.82 Å². The van der Waals surface area contributed by atoms with Crippen molar-refractivity contribution in [2.24, 2.45) is 0 Å². The third kappa shape index (κ3) is 3.38. The van der Waals surface area contributed by atoms with E-state index in [2.05, 4.69) is 44.8 Å². The molecule has 0 saturated heterocycles. The fourth-order valence-corrected chi connectivity index (χ4v) is 4.62. The Kier molecular flexibility index (Phi) is 4.52. The third-order valence-corrected chi connectivity index (χ3v) is 6.03. The van der Waals surface area contributed by atoms with E-state index in [1.807, 2.05) is 0 Å². The largest absolute Gasteiger partial charge is 0.311 e. The lowest BCUT2D eigenvalue weighted by molar-refractivity contribution is 0.256. The van der Waals surface area contributed by atoms with E-state index in [-0.39, 0.29) is 11.6 Å². The van der Waals surface area contributed by atoms with Gasteiger partial charge in [0, 0.05) is 18.2 Å². The minimum Gasteiger partial charge on any atom is -0.311 e. The molecule has 3 aromatic rings. The zero-order valence-electron chi connectivity index (χ0n) is 15.7. The fraction of sp³-hybridized carbons (Fsp3) is 0.429. The van der Waals surface area contributed by atoms with Crippen molar-refractivity contribution in [3.05, 3.63) is 70.5 Å².